The second kappa shape index (κ2) is 4.84. The van der Waals surface area contributed by atoms with Crippen molar-refractivity contribution < 1.29 is 0 Å². The van der Waals surface area contributed by atoms with Gasteiger partial charge in [-0.3, -0.25) is 0 Å². The molecule has 2 fully saturated rings. The van der Waals surface area contributed by atoms with Gasteiger partial charge < -0.3 is 10.6 Å². The zero-order chi connectivity index (χ0) is 12.5. The van der Waals surface area contributed by atoms with Crippen molar-refractivity contribution in [1.29, 1.82) is 0 Å². The average Bonchev–Trinajstić information content (AvgIpc) is 2.94. The summed E-state index contributed by atoms with van der Waals surface area (Å²) >= 11 is 5.36. The first-order valence-electron chi connectivity index (χ1n) is 6.71. The van der Waals surface area contributed by atoms with Gasteiger partial charge in [0.2, 0.25) is 0 Å². The van der Waals surface area contributed by atoms with Gasteiger partial charge in [-0.1, -0.05) is 12.5 Å². The van der Waals surface area contributed by atoms with E-state index in [4.69, 9.17) is 12.2 Å². The molecule has 3 atom stereocenters. The van der Waals surface area contributed by atoms with Gasteiger partial charge in [0.25, 0.3) is 0 Å². The standard InChI is InChI=1S/C14H19N3S/c1-9-2-5-13(15-8-9)17-14(18)16-12-7-10-3-4-11(12)6-10/h2,5,8,10-12H,3-4,6-7H2,1H3,(H2,15,16,17,18)/t10-,11-,12-/m1/s1. The van der Waals surface area contributed by atoms with E-state index in [-0.39, 0.29) is 0 Å². The highest BCUT2D eigenvalue weighted by Gasteiger charge is 2.39. The highest BCUT2D eigenvalue weighted by molar-refractivity contribution is 7.80. The van der Waals surface area contributed by atoms with Crippen LogP contribution in [0.4, 0.5) is 5.82 Å². The molecule has 0 aromatic carbocycles. The van der Waals surface area contributed by atoms with E-state index >= 15 is 0 Å². The molecule has 2 bridgehead atoms. The molecular weight excluding hydrogens is 242 g/mol. The van der Waals surface area contributed by atoms with Crippen molar-refractivity contribution in [3.05, 3.63) is 23.9 Å². The molecular formula is C14H19N3S. The Bertz CT molecular complexity index is 443. The zero-order valence-electron chi connectivity index (χ0n) is 10.6. The number of aromatic nitrogens is 1. The number of pyridine rings is 1. The van der Waals surface area contributed by atoms with Gasteiger partial charge >= 0.3 is 0 Å². The quantitative estimate of drug-likeness (QED) is 0.803. The number of nitrogens with zero attached hydrogens (tertiary/aromatic N) is 1. The van der Waals surface area contributed by atoms with Gasteiger partial charge in [0.15, 0.2) is 5.11 Å². The molecule has 0 radical (unpaired) electrons. The summed E-state index contributed by atoms with van der Waals surface area (Å²) in [5, 5.41) is 7.33. The molecule has 2 saturated carbocycles. The Hall–Kier alpha value is -1.16. The maximum absolute atomic E-state index is 5.36. The third-order valence-corrected chi connectivity index (χ3v) is 4.43. The maximum atomic E-state index is 5.36. The molecule has 0 aliphatic heterocycles. The number of hydrogen-bond donors (Lipinski definition) is 2. The summed E-state index contributed by atoms with van der Waals surface area (Å²) in [6.07, 6.45) is 7.32. The minimum atomic E-state index is 0.578. The number of hydrogen-bond acceptors (Lipinski definition) is 2. The van der Waals surface area contributed by atoms with Gasteiger partial charge in [-0.15, -0.1) is 0 Å². The fourth-order valence-electron chi connectivity index (χ4n) is 3.28. The summed E-state index contributed by atoms with van der Waals surface area (Å²) in [4.78, 5) is 4.30. The van der Waals surface area contributed by atoms with E-state index in [0.717, 1.165) is 23.2 Å². The van der Waals surface area contributed by atoms with Crippen molar-refractivity contribution in [3.63, 3.8) is 0 Å². The van der Waals surface area contributed by atoms with Crippen LogP contribution in [0.15, 0.2) is 18.3 Å². The number of nitrogens with one attached hydrogen (secondary N) is 2. The highest BCUT2D eigenvalue weighted by atomic mass is 32.1. The number of thiocarbonyl (C=S) groups is 1. The summed E-state index contributed by atoms with van der Waals surface area (Å²) in [5.41, 5.74) is 1.16. The number of anilines is 1. The van der Waals surface area contributed by atoms with Crippen LogP contribution in [0.2, 0.25) is 0 Å². The Morgan fingerprint density at radius 3 is 2.83 bits per heavy atom. The van der Waals surface area contributed by atoms with Gasteiger partial charge in [-0.05, 0) is 61.9 Å². The van der Waals surface area contributed by atoms with Crippen molar-refractivity contribution >= 4 is 23.1 Å². The molecule has 1 heterocycles. The SMILES string of the molecule is Cc1ccc(NC(=S)N[C@@H]2C[C@@H]3CC[C@@H]2C3)nc1. The Labute approximate surface area is 113 Å². The van der Waals surface area contributed by atoms with E-state index in [1.807, 2.05) is 25.3 Å². The van der Waals surface area contributed by atoms with Gasteiger partial charge in [0.05, 0.1) is 0 Å². The minimum absolute atomic E-state index is 0.578. The van der Waals surface area contributed by atoms with Gasteiger partial charge in [-0.2, -0.15) is 0 Å². The van der Waals surface area contributed by atoms with Gasteiger partial charge in [-0.25, -0.2) is 4.98 Å². The number of aryl methyl sites for hydroxylation is 1. The van der Waals surface area contributed by atoms with Crippen LogP contribution in [0.25, 0.3) is 0 Å². The van der Waals surface area contributed by atoms with E-state index in [1.165, 1.54) is 25.7 Å². The second-order valence-corrected chi connectivity index (χ2v) is 6.01. The van der Waals surface area contributed by atoms with Crippen LogP contribution < -0.4 is 10.6 Å². The Morgan fingerprint density at radius 1 is 1.33 bits per heavy atom. The Kier molecular flexibility index (Phi) is 3.20. The average molecular weight is 261 g/mol. The van der Waals surface area contributed by atoms with E-state index in [1.54, 1.807) is 0 Å². The maximum Gasteiger partial charge on any atom is 0.172 e. The van der Waals surface area contributed by atoms with Crippen molar-refractivity contribution in [2.75, 3.05) is 5.32 Å². The molecule has 1 aromatic heterocycles. The largest absolute Gasteiger partial charge is 0.359 e. The summed E-state index contributed by atoms with van der Waals surface area (Å²) < 4.78 is 0. The molecule has 2 aliphatic carbocycles. The Balaban J connectivity index is 1.54. The fraction of sp³-hybridized carbons (Fsp3) is 0.571. The van der Waals surface area contributed by atoms with Crippen molar-refractivity contribution in [1.82, 2.24) is 10.3 Å². The van der Waals surface area contributed by atoms with Crippen LogP contribution >= 0.6 is 12.2 Å². The molecule has 1 aromatic rings. The van der Waals surface area contributed by atoms with E-state index < -0.39 is 0 Å². The van der Waals surface area contributed by atoms with Crippen LogP contribution in [0.1, 0.15) is 31.2 Å². The van der Waals surface area contributed by atoms with Crippen LogP contribution in [0, 0.1) is 18.8 Å². The molecule has 18 heavy (non-hydrogen) atoms. The fourth-order valence-corrected chi connectivity index (χ4v) is 3.54. The zero-order valence-corrected chi connectivity index (χ0v) is 11.5. The summed E-state index contributed by atoms with van der Waals surface area (Å²) in [6.45, 7) is 2.03. The molecule has 4 heteroatoms. The van der Waals surface area contributed by atoms with Gasteiger partial charge in [0.1, 0.15) is 5.82 Å². The number of fused-ring (bicyclic) bond motifs is 2. The van der Waals surface area contributed by atoms with Crippen LogP contribution in [-0.2, 0) is 0 Å². The normalized spacial score (nSPS) is 29.3. The van der Waals surface area contributed by atoms with Crippen LogP contribution in [-0.4, -0.2) is 16.1 Å². The molecule has 3 rings (SSSR count). The highest BCUT2D eigenvalue weighted by Crippen LogP contribution is 2.44. The number of rotatable bonds is 2. The van der Waals surface area contributed by atoms with Crippen LogP contribution in [0.5, 0.6) is 0 Å². The van der Waals surface area contributed by atoms with E-state index in [9.17, 15) is 0 Å². The topological polar surface area (TPSA) is 37.0 Å². The minimum Gasteiger partial charge on any atom is -0.359 e. The predicted molar refractivity (Wildman–Crippen MR) is 77.6 cm³/mol. The molecule has 0 unspecified atom stereocenters. The van der Waals surface area contributed by atoms with Crippen molar-refractivity contribution in [2.45, 2.75) is 38.6 Å². The molecule has 0 amide bonds. The molecule has 2 N–H and O–H groups in total. The van der Waals surface area contributed by atoms with E-state index in [0.29, 0.717) is 11.2 Å². The predicted octanol–water partition coefficient (Wildman–Crippen LogP) is 2.87. The van der Waals surface area contributed by atoms with E-state index in [2.05, 4.69) is 15.6 Å². The first-order chi connectivity index (χ1) is 8.70. The lowest BCUT2D eigenvalue weighted by atomic mass is 9.96. The lowest BCUT2D eigenvalue weighted by molar-refractivity contribution is 0.392. The Morgan fingerprint density at radius 2 is 2.22 bits per heavy atom. The summed E-state index contributed by atoms with van der Waals surface area (Å²) in [7, 11) is 0. The first kappa shape index (κ1) is 11.9. The van der Waals surface area contributed by atoms with Crippen molar-refractivity contribution in [3.8, 4) is 0 Å². The lowest BCUT2D eigenvalue weighted by Gasteiger charge is -2.24. The van der Waals surface area contributed by atoms with Gasteiger partial charge in [0, 0.05) is 12.2 Å². The summed E-state index contributed by atoms with van der Waals surface area (Å²) in [6, 6.07) is 4.58. The monoisotopic (exact) mass is 261 g/mol. The molecule has 3 nitrogen and oxygen atoms in total. The van der Waals surface area contributed by atoms with Crippen LogP contribution in [0.3, 0.4) is 0 Å². The summed E-state index contributed by atoms with van der Waals surface area (Å²) in [5.74, 6) is 2.59. The molecule has 2 aliphatic rings. The second-order valence-electron chi connectivity index (χ2n) is 5.60. The molecule has 96 valence electrons. The lowest BCUT2D eigenvalue weighted by Crippen LogP contribution is -2.40. The third kappa shape index (κ3) is 2.48. The first-order valence-corrected chi connectivity index (χ1v) is 7.12. The third-order valence-electron chi connectivity index (χ3n) is 4.21. The smallest absolute Gasteiger partial charge is 0.172 e. The molecule has 0 spiro atoms. The van der Waals surface area contributed by atoms with Crippen molar-refractivity contribution in [2.24, 2.45) is 11.8 Å². The molecule has 0 saturated heterocycles.